The minimum atomic E-state index is -1.25. The van der Waals surface area contributed by atoms with Gasteiger partial charge in [-0.1, -0.05) is 12.2 Å². The Morgan fingerprint density at radius 2 is 2.25 bits per heavy atom. The van der Waals surface area contributed by atoms with Crippen molar-refractivity contribution in [3.05, 3.63) is 23.8 Å². The van der Waals surface area contributed by atoms with Gasteiger partial charge in [-0.05, 0) is 6.08 Å². The first kappa shape index (κ1) is 8.39. The second kappa shape index (κ2) is 3.13. The minimum Gasteiger partial charge on any atom is -0.480 e. The van der Waals surface area contributed by atoms with Crippen LogP contribution in [0.15, 0.2) is 23.8 Å². The Morgan fingerprint density at radius 3 is 2.75 bits per heavy atom. The van der Waals surface area contributed by atoms with Gasteiger partial charge in [-0.3, -0.25) is 14.4 Å². The molecule has 12 heavy (non-hydrogen) atoms. The fourth-order valence-corrected chi connectivity index (χ4v) is 0.879. The zero-order valence-electron chi connectivity index (χ0n) is 5.98. The Bertz CT molecular complexity index is 298. The number of carboxylic acids is 1. The summed E-state index contributed by atoms with van der Waals surface area (Å²) in [5, 5.41) is 8.49. The van der Waals surface area contributed by atoms with E-state index < -0.39 is 17.7 Å². The van der Waals surface area contributed by atoms with Gasteiger partial charge in [0.25, 0.3) is 0 Å². The van der Waals surface area contributed by atoms with Gasteiger partial charge in [-0.15, -0.1) is 0 Å². The zero-order chi connectivity index (χ0) is 9.14. The molecule has 0 fully saturated rings. The summed E-state index contributed by atoms with van der Waals surface area (Å²) in [6.45, 7) is 0. The van der Waals surface area contributed by atoms with Crippen LogP contribution in [0.2, 0.25) is 0 Å². The minimum absolute atomic E-state index is 0.218. The van der Waals surface area contributed by atoms with Crippen molar-refractivity contribution in [1.82, 2.24) is 0 Å². The Morgan fingerprint density at radius 1 is 1.58 bits per heavy atom. The highest BCUT2D eigenvalue weighted by atomic mass is 16.4. The fraction of sp³-hybridized carbons (Fsp3) is 0.125. The Hall–Kier alpha value is -1.71. The van der Waals surface area contributed by atoms with Crippen molar-refractivity contribution >= 4 is 18.0 Å². The molecule has 0 aromatic carbocycles. The fourth-order valence-electron chi connectivity index (χ4n) is 0.879. The predicted molar refractivity (Wildman–Crippen MR) is 39.0 cm³/mol. The molecule has 0 heterocycles. The number of allylic oxidation sites excluding steroid dienone is 3. The van der Waals surface area contributed by atoms with Gasteiger partial charge < -0.3 is 5.11 Å². The highest BCUT2D eigenvalue weighted by Gasteiger charge is 2.28. The molecule has 1 N–H and O–H groups in total. The van der Waals surface area contributed by atoms with Gasteiger partial charge in [0.05, 0.1) is 5.57 Å². The number of carbonyl (C=O) groups is 2. The van der Waals surface area contributed by atoms with Crippen LogP contribution in [0.4, 0.5) is 0 Å². The normalized spacial score (nSPS) is 21.8. The van der Waals surface area contributed by atoms with Crippen molar-refractivity contribution in [2.45, 2.75) is 0 Å². The third kappa shape index (κ3) is 1.32. The van der Waals surface area contributed by atoms with E-state index in [0.29, 0.717) is 0 Å². The number of carboxylic acid groups (broad SMARTS) is 1. The van der Waals surface area contributed by atoms with Crippen molar-refractivity contribution in [3.8, 4) is 0 Å². The van der Waals surface area contributed by atoms with Crippen molar-refractivity contribution in [1.29, 1.82) is 0 Å². The summed E-state index contributed by atoms with van der Waals surface area (Å²) in [5.74, 6) is -3.19. The van der Waals surface area contributed by atoms with Crippen LogP contribution in [0.5, 0.6) is 0 Å². The summed E-state index contributed by atoms with van der Waals surface area (Å²) in [5.41, 5.74) is -0.218. The van der Waals surface area contributed by atoms with Gasteiger partial charge in [-0.2, -0.15) is 0 Å². The molecule has 1 radical (unpaired) electrons. The van der Waals surface area contributed by atoms with Gasteiger partial charge in [0, 0.05) is 0 Å². The average Bonchev–Trinajstić information content (AvgIpc) is 2.04. The first-order chi connectivity index (χ1) is 5.66. The van der Waals surface area contributed by atoms with E-state index in [-0.39, 0.29) is 5.57 Å². The molecule has 0 aromatic heterocycles. The molecule has 61 valence electrons. The van der Waals surface area contributed by atoms with E-state index in [2.05, 4.69) is 0 Å². The van der Waals surface area contributed by atoms with E-state index >= 15 is 0 Å². The second-order valence-electron chi connectivity index (χ2n) is 2.25. The summed E-state index contributed by atoms with van der Waals surface area (Å²) in [7, 11) is 0. The van der Waals surface area contributed by atoms with Crippen molar-refractivity contribution < 1.29 is 19.5 Å². The molecular weight excluding hydrogens is 160 g/mol. The number of Topliss-reactive ketones (excluding diaryl/α,β-unsaturated/α-hetero) is 1. The summed E-state index contributed by atoms with van der Waals surface area (Å²) < 4.78 is 0. The van der Waals surface area contributed by atoms with E-state index in [9.17, 15) is 14.4 Å². The van der Waals surface area contributed by atoms with Crippen LogP contribution in [-0.2, 0) is 14.4 Å². The first-order valence-corrected chi connectivity index (χ1v) is 3.20. The summed E-state index contributed by atoms with van der Waals surface area (Å²) in [6.07, 6.45) is 5.22. The SMILES string of the molecule is O=[C]C1=CC=CC(C(=O)O)C1=O. The third-order valence-electron chi connectivity index (χ3n) is 1.49. The van der Waals surface area contributed by atoms with Crippen molar-refractivity contribution in [2.75, 3.05) is 0 Å². The van der Waals surface area contributed by atoms with E-state index in [4.69, 9.17) is 5.11 Å². The van der Waals surface area contributed by atoms with Gasteiger partial charge >= 0.3 is 5.97 Å². The molecule has 0 bridgehead atoms. The number of hydrogen-bond acceptors (Lipinski definition) is 3. The number of hydrogen-bond donors (Lipinski definition) is 1. The molecule has 1 rings (SSSR count). The van der Waals surface area contributed by atoms with Crippen LogP contribution in [-0.4, -0.2) is 23.1 Å². The molecule has 0 spiro atoms. The maximum absolute atomic E-state index is 11.0. The van der Waals surface area contributed by atoms with Gasteiger partial charge in [-0.25, -0.2) is 0 Å². The van der Waals surface area contributed by atoms with E-state index in [0.717, 1.165) is 0 Å². The standard InChI is InChI=1S/C8H5O4/c9-4-5-2-1-3-6(7(5)10)8(11)12/h1-3,6H,(H,11,12). The topological polar surface area (TPSA) is 71.4 Å². The number of ketones is 1. The van der Waals surface area contributed by atoms with Gasteiger partial charge in [0.1, 0.15) is 5.92 Å². The summed E-state index contributed by atoms with van der Waals surface area (Å²) in [4.78, 5) is 31.5. The average molecular weight is 165 g/mol. The molecule has 1 atom stereocenters. The molecule has 0 amide bonds. The Balaban J connectivity index is 2.95. The van der Waals surface area contributed by atoms with E-state index in [1.165, 1.54) is 24.5 Å². The largest absolute Gasteiger partial charge is 0.480 e. The highest BCUT2D eigenvalue weighted by molar-refractivity contribution is 6.20. The van der Waals surface area contributed by atoms with Crippen molar-refractivity contribution in [2.24, 2.45) is 5.92 Å². The quantitative estimate of drug-likeness (QED) is 0.456. The predicted octanol–water partition coefficient (Wildman–Crippen LogP) is -0.138. The van der Waals surface area contributed by atoms with Crippen LogP contribution in [0.1, 0.15) is 0 Å². The number of rotatable bonds is 2. The molecule has 1 aliphatic rings. The third-order valence-corrected chi connectivity index (χ3v) is 1.49. The number of carbonyl (C=O) groups excluding carboxylic acids is 2. The van der Waals surface area contributed by atoms with Crippen LogP contribution in [0.25, 0.3) is 0 Å². The van der Waals surface area contributed by atoms with Crippen molar-refractivity contribution in [3.63, 3.8) is 0 Å². The zero-order valence-corrected chi connectivity index (χ0v) is 5.98. The molecule has 0 saturated carbocycles. The smallest absolute Gasteiger partial charge is 0.318 e. The second-order valence-corrected chi connectivity index (χ2v) is 2.25. The first-order valence-electron chi connectivity index (χ1n) is 3.20. The lowest BCUT2D eigenvalue weighted by atomic mass is 9.94. The number of aliphatic carboxylic acids is 1. The molecule has 0 saturated heterocycles. The molecular formula is C8H5O4. The van der Waals surface area contributed by atoms with Gasteiger partial charge in [0.2, 0.25) is 6.29 Å². The lowest BCUT2D eigenvalue weighted by Gasteiger charge is -2.08. The summed E-state index contributed by atoms with van der Waals surface area (Å²) >= 11 is 0. The molecule has 0 aromatic rings. The maximum Gasteiger partial charge on any atom is 0.318 e. The van der Waals surface area contributed by atoms with Gasteiger partial charge in [0.15, 0.2) is 5.78 Å². The monoisotopic (exact) mass is 165 g/mol. The molecule has 1 unspecified atom stereocenters. The van der Waals surface area contributed by atoms with Crippen LogP contribution in [0, 0.1) is 5.92 Å². The Labute approximate surface area is 68.2 Å². The molecule has 4 nitrogen and oxygen atoms in total. The van der Waals surface area contributed by atoms with E-state index in [1.807, 2.05) is 0 Å². The Kier molecular flexibility index (Phi) is 2.19. The maximum atomic E-state index is 11.0. The molecule has 4 heteroatoms. The lowest BCUT2D eigenvalue weighted by Crippen LogP contribution is -2.25. The molecule has 0 aliphatic heterocycles. The molecule has 1 aliphatic carbocycles. The lowest BCUT2D eigenvalue weighted by molar-refractivity contribution is -0.143. The van der Waals surface area contributed by atoms with Crippen LogP contribution >= 0.6 is 0 Å². The summed E-state index contributed by atoms with van der Waals surface area (Å²) in [6, 6.07) is 0. The van der Waals surface area contributed by atoms with E-state index in [1.54, 1.807) is 0 Å². The highest BCUT2D eigenvalue weighted by Crippen LogP contribution is 2.12. The van der Waals surface area contributed by atoms with Crippen LogP contribution < -0.4 is 0 Å². The van der Waals surface area contributed by atoms with Crippen LogP contribution in [0.3, 0.4) is 0 Å².